The Morgan fingerprint density at radius 1 is 1.29 bits per heavy atom. The largest absolute Gasteiger partial charge is 0.328 e. The minimum atomic E-state index is 0.502. The maximum atomic E-state index is 5.94. The van der Waals surface area contributed by atoms with E-state index in [1.54, 1.807) is 0 Å². The lowest BCUT2D eigenvalue weighted by Gasteiger charge is -2.32. The predicted octanol–water partition coefficient (Wildman–Crippen LogP) is 1.85. The first-order valence-corrected chi connectivity index (χ1v) is 6.22. The fourth-order valence-corrected chi connectivity index (χ4v) is 3.10. The molecular formula is C12H24N2. The zero-order valence-electron chi connectivity index (χ0n) is 9.41. The normalized spacial score (nSPS) is 40.3. The topological polar surface area (TPSA) is 29.3 Å². The van der Waals surface area contributed by atoms with Gasteiger partial charge in [-0.2, -0.15) is 0 Å². The number of nitrogens with zero attached hydrogens (tertiary/aromatic N) is 1. The van der Waals surface area contributed by atoms with E-state index in [4.69, 9.17) is 5.73 Å². The molecule has 2 aliphatic rings. The van der Waals surface area contributed by atoms with Crippen molar-refractivity contribution in [2.45, 2.75) is 45.1 Å². The molecule has 2 fully saturated rings. The van der Waals surface area contributed by atoms with Crippen molar-refractivity contribution in [3.8, 4) is 0 Å². The van der Waals surface area contributed by atoms with Crippen molar-refractivity contribution in [3.05, 3.63) is 0 Å². The lowest BCUT2D eigenvalue weighted by Crippen LogP contribution is -2.37. The highest BCUT2D eigenvalue weighted by Gasteiger charge is 2.25. The molecule has 1 saturated heterocycles. The Labute approximate surface area is 87.8 Å². The molecule has 0 aromatic rings. The van der Waals surface area contributed by atoms with Gasteiger partial charge in [0.2, 0.25) is 0 Å². The second-order valence-electron chi connectivity index (χ2n) is 5.45. The molecule has 82 valence electrons. The summed E-state index contributed by atoms with van der Waals surface area (Å²) in [5, 5.41) is 0. The highest BCUT2D eigenvalue weighted by molar-refractivity contribution is 4.81. The van der Waals surface area contributed by atoms with E-state index < -0.39 is 0 Å². The van der Waals surface area contributed by atoms with Gasteiger partial charge >= 0.3 is 0 Å². The zero-order chi connectivity index (χ0) is 9.97. The van der Waals surface area contributed by atoms with Crippen LogP contribution in [-0.4, -0.2) is 30.6 Å². The molecule has 2 heteroatoms. The first kappa shape index (κ1) is 10.4. The van der Waals surface area contributed by atoms with Gasteiger partial charge in [-0.25, -0.2) is 0 Å². The smallest absolute Gasteiger partial charge is 0.00420 e. The Hall–Kier alpha value is -0.0800. The first-order valence-electron chi connectivity index (χ1n) is 6.22. The van der Waals surface area contributed by atoms with Crippen LogP contribution in [0.4, 0.5) is 0 Å². The van der Waals surface area contributed by atoms with Crippen LogP contribution in [0.15, 0.2) is 0 Å². The number of likely N-dealkylation sites (tertiary alicyclic amines) is 1. The molecule has 0 spiro atoms. The highest BCUT2D eigenvalue weighted by Crippen LogP contribution is 2.26. The van der Waals surface area contributed by atoms with Crippen LogP contribution in [-0.2, 0) is 0 Å². The van der Waals surface area contributed by atoms with Gasteiger partial charge < -0.3 is 10.6 Å². The van der Waals surface area contributed by atoms with E-state index in [0.717, 1.165) is 11.8 Å². The minimum absolute atomic E-state index is 0.502. The van der Waals surface area contributed by atoms with Gasteiger partial charge in [-0.15, -0.1) is 0 Å². The fourth-order valence-electron chi connectivity index (χ4n) is 3.10. The van der Waals surface area contributed by atoms with Crippen molar-refractivity contribution < 1.29 is 0 Å². The summed E-state index contributed by atoms with van der Waals surface area (Å²) in [6, 6.07) is 0.502. The SMILES string of the molecule is CC1CCCN(CC2CCC(N)C2)C1. The second-order valence-corrected chi connectivity index (χ2v) is 5.45. The molecule has 1 aliphatic carbocycles. The third-order valence-electron chi connectivity index (χ3n) is 3.84. The van der Waals surface area contributed by atoms with E-state index in [-0.39, 0.29) is 0 Å². The molecule has 1 aliphatic heterocycles. The maximum absolute atomic E-state index is 5.94. The van der Waals surface area contributed by atoms with Crippen molar-refractivity contribution in [3.63, 3.8) is 0 Å². The van der Waals surface area contributed by atoms with Crippen molar-refractivity contribution in [1.82, 2.24) is 4.90 Å². The number of rotatable bonds is 2. The van der Waals surface area contributed by atoms with E-state index in [1.165, 1.54) is 51.7 Å². The van der Waals surface area contributed by atoms with E-state index in [1.807, 2.05) is 0 Å². The number of nitrogens with two attached hydrogens (primary N) is 1. The van der Waals surface area contributed by atoms with Crippen molar-refractivity contribution in [2.75, 3.05) is 19.6 Å². The highest BCUT2D eigenvalue weighted by atomic mass is 15.1. The van der Waals surface area contributed by atoms with Crippen molar-refractivity contribution in [1.29, 1.82) is 0 Å². The van der Waals surface area contributed by atoms with Gasteiger partial charge in [0, 0.05) is 19.1 Å². The third-order valence-corrected chi connectivity index (χ3v) is 3.84. The summed E-state index contributed by atoms with van der Waals surface area (Å²) in [6.07, 6.45) is 6.73. The lowest BCUT2D eigenvalue weighted by atomic mass is 9.98. The third kappa shape index (κ3) is 2.71. The molecule has 0 aromatic heterocycles. The summed E-state index contributed by atoms with van der Waals surface area (Å²) in [5.74, 6) is 1.81. The van der Waals surface area contributed by atoms with Crippen LogP contribution in [0.2, 0.25) is 0 Å². The van der Waals surface area contributed by atoms with E-state index in [2.05, 4.69) is 11.8 Å². The molecule has 2 nitrogen and oxygen atoms in total. The molecule has 14 heavy (non-hydrogen) atoms. The second kappa shape index (κ2) is 4.63. The first-order chi connectivity index (χ1) is 6.74. The standard InChI is InChI=1S/C12H24N2/c1-10-3-2-6-14(8-10)9-11-4-5-12(13)7-11/h10-12H,2-9,13H2,1H3. The number of hydrogen-bond donors (Lipinski definition) is 1. The average molecular weight is 196 g/mol. The van der Waals surface area contributed by atoms with Crippen LogP contribution in [0.3, 0.4) is 0 Å². The van der Waals surface area contributed by atoms with Gasteiger partial charge in [0.15, 0.2) is 0 Å². The summed E-state index contributed by atoms with van der Waals surface area (Å²) in [7, 11) is 0. The minimum Gasteiger partial charge on any atom is -0.328 e. The van der Waals surface area contributed by atoms with Crippen LogP contribution in [0.1, 0.15) is 39.0 Å². The van der Waals surface area contributed by atoms with Gasteiger partial charge in [0.1, 0.15) is 0 Å². The summed E-state index contributed by atoms with van der Waals surface area (Å²) in [4.78, 5) is 2.66. The van der Waals surface area contributed by atoms with E-state index in [9.17, 15) is 0 Å². The van der Waals surface area contributed by atoms with Crippen molar-refractivity contribution >= 4 is 0 Å². The molecule has 0 bridgehead atoms. The van der Waals surface area contributed by atoms with Gasteiger partial charge in [-0.1, -0.05) is 6.92 Å². The molecule has 2 rings (SSSR count). The Balaban J connectivity index is 1.74. The fraction of sp³-hybridized carbons (Fsp3) is 1.00. The quantitative estimate of drug-likeness (QED) is 0.730. The number of hydrogen-bond acceptors (Lipinski definition) is 2. The molecule has 0 radical (unpaired) electrons. The zero-order valence-corrected chi connectivity index (χ0v) is 9.41. The lowest BCUT2D eigenvalue weighted by molar-refractivity contribution is 0.159. The van der Waals surface area contributed by atoms with Gasteiger partial charge in [-0.05, 0) is 50.5 Å². The summed E-state index contributed by atoms with van der Waals surface area (Å²) >= 11 is 0. The molecule has 1 heterocycles. The molecule has 3 atom stereocenters. The van der Waals surface area contributed by atoms with Crippen LogP contribution in [0.5, 0.6) is 0 Å². The Kier molecular flexibility index (Phi) is 3.45. The van der Waals surface area contributed by atoms with Crippen LogP contribution < -0.4 is 5.73 Å². The monoisotopic (exact) mass is 196 g/mol. The van der Waals surface area contributed by atoms with E-state index >= 15 is 0 Å². The van der Waals surface area contributed by atoms with E-state index in [0.29, 0.717) is 6.04 Å². The predicted molar refractivity (Wildman–Crippen MR) is 60.2 cm³/mol. The van der Waals surface area contributed by atoms with Crippen LogP contribution in [0, 0.1) is 11.8 Å². The maximum Gasteiger partial charge on any atom is 0.00420 e. The average Bonchev–Trinajstić information content (AvgIpc) is 2.51. The molecule has 0 amide bonds. The summed E-state index contributed by atoms with van der Waals surface area (Å²) in [5.41, 5.74) is 5.94. The summed E-state index contributed by atoms with van der Waals surface area (Å²) in [6.45, 7) is 6.35. The van der Waals surface area contributed by atoms with Crippen molar-refractivity contribution in [2.24, 2.45) is 17.6 Å². The van der Waals surface area contributed by atoms with Gasteiger partial charge in [0.05, 0.1) is 0 Å². The molecule has 2 N–H and O–H groups in total. The molecular weight excluding hydrogens is 172 g/mol. The van der Waals surface area contributed by atoms with Crippen LogP contribution >= 0.6 is 0 Å². The van der Waals surface area contributed by atoms with Gasteiger partial charge in [-0.3, -0.25) is 0 Å². The van der Waals surface area contributed by atoms with Gasteiger partial charge in [0.25, 0.3) is 0 Å². The molecule has 3 unspecified atom stereocenters. The Morgan fingerprint density at radius 3 is 2.79 bits per heavy atom. The molecule has 0 aromatic carbocycles. The molecule has 1 saturated carbocycles. The van der Waals surface area contributed by atoms with Crippen LogP contribution in [0.25, 0.3) is 0 Å². The Bertz CT molecular complexity index is 181. The number of piperidine rings is 1. The summed E-state index contributed by atoms with van der Waals surface area (Å²) < 4.78 is 0. The Morgan fingerprint density at radius 2 is 2.14 bits per heavy atom.